The van der Waals surface area contributed by atoms with Crippen molar-refractivity contribution in [2.45, 2.75) is 33.0 Å². The second kappa shape index (κ2) is 5.23. The van der Waals surface area contributed by atoms with Gasteiger partial charge in [-0.1, -0.05) is 13.8 Å². The molecule has 0 saturated carbocycles. The molecule has 0 atom stereocenters. The molecule has 5 heteroatoms. The van der Waals surface area contributed by atoms with Crippen molar-refractivity contribution in [1.82, 2.24) is 19.9 Å². The summed E-state index contributed by atoms with van der Waals surface area (Å²) in [6.07, 6.45) is 5.76. The average Bonchev–Trinajstić information content (AvgIpc) is 2.87. The third-order valence-corrected chi connectivity index (χ3v) is 3.04. The van der Waals surface area contributed by atoms with E-state index in [-0.39, 0.29) is 0 Å². The highest BCUT2D eigenvalue weighted by molar-refractivity contribution is 7.09. The smallest absolute Gasteiger partial charge is 0.122 e. The van der Waals surface area contributed by atoms with Crippen LogP contribution in [0.1, 0.15) is 24.5 Å². The van der Waals surface area contributed by atoms with Crippen LogP contribution in [0.15, 0.2) is 24.1 Å². The lowest BCUT2D eigenvalue weighted by atomic mass is 10.4. The SMILES string of the molecule is CC(C)NCc1nccn1Cc1cncs1. The molecule has 2 rings (SSSR count). The molecule has 0 amide bonds. The van der Waals surface area contributed by atoms with Gasteiger partial charge < -0.3 is 9.88 Å². The van der Waals surface area contributed by atoms with E-state index in [9.17, 15) is 0 Å². The van der Waals surface area contributed by atoms with Gasteiger partial charge >= 0.3 is 0 Å². The molecule has 0 bridgehead atoms. The summed E-state index contributed by atoms with van der Waals surface area (Å²) in [6, 6.07) is 0.480. The molecule has 86 valence electrons. The average molecular weight is 236 g/mol. The molecular formula is C11H16N4S. The molecule has 0 aliphatic carbocycles. The maximum Gasteiger partial charge on any atom is 0.122 e. The van der Waals surface area contributed by atoms with E-state index in [2.05, 4.69) is 33.7 Å². The number of aromatic nitrogens is 3. The summed E-state index contributed by atoms with van der Waals surface area (Å²) in [5.74, 6) is 1.07. The highest BCUT2D eigenvalue weighted by atomic mass is 32.1. The van der Waals surface area contributed by atoms with E-state index in [4.69, 9.17) is 0 Å². The molecule has 0 aliphatic rings. The van der Waals surface area contributed by atoms with Gasteiger partial charge in [0.25, 0.3) is 0 Å². The standard InChI is InChI=1S/C11H16N4S/c1-9(2)14-6-11-13-3-4-15(11)7-10-5-12-8-16-10/h3-5,8-9,14H,6-7H2,1-2H3. The van der Waals surface area contributed by atoms with E-state index >= 15 is 0 Å². The van der Waals surface area contributed by atoms with Crippen molar-refractivity contribution in [1.29, 1.82) is 0 Å². The Kier molecular flexibility index (Phi) is 3.69. The van der Waals surface area contributed by atoms with Crippen molar-refractivity contribution in [3.05, 3.63) is 34.8 Å². The molecule has 2 aromatic rings. The van der Waals surface area contributed by atoms with Crippen molar-refractivity contribution in [3.63, 3.8) is 0 Å². The second-order valence-corrected chi connectivity index (χ2v) is 4.95. The first kappa shape index (κ1) is 11.3. The Hall–Kier alpha value is -1.20. The van der Waals surface area contributed by atoms with Crippen LogP contribution in [-0.2, 0) is 13.1 Å². The normalized spacial score (nSPS) is 11.2. The Balaban J connectivity index is 2.01. The maximum atomic E-state index is 4.35. The van der Waals surface area contributed by atoms with E-state index in [0.717, 1.165) is 18.9 Å². The first-order valence-electron chi connectivity index (χ1n) is 5.36. The summed E-state index contributed by atoms with van der Waals surface area (Å²) in [6.45, 7) is 5.94. The van der Waals surface area contributed by atoms with Gasteiger partial charge in [0.1, 0.15) is 5.82 Å². The van der Waals surface area contributed by atoms with E-state index in [1.807, 2.05) is 24.1 Å². The Bertz CT molecular complexity index is 419. The van der Waals surface area contributed by atoms with Gasteiger partial charge in [-0.3, -0.25) is 4.98 Å². The lowest BCUT2D eigenvalue weighted by molar-refractivity contribution is 0.555. The molecule has 0 aliphatic heterocycles. The molecule has 1 N–H and O–H groups in total. The molecule has 0 aromatic carbocycles. The zero-order valence-corrected chi connectivity index (χ0v) is 10.4. The van der Waals surface area contributed by atoms with Gasteiger partial charge in [0, 0.05) is 29.5 Å². The predicted molar refractivity (Wildman–Crippen MR) is 65.4 cm³/mol. The molecule has 4 nitrogen and oxygen atoms in total. The number of nitrogens with one attached hydrogen (secondary N) is 1. The number of nitrogens with zero attached hydrogens (tertiary/aromatic N) is 3. The Morgan fingerprint density at radius 1 is 1.50 bits per heavy atom. The lowest BCUT2D eigenvalue weighted by Crippen LogP contribution is -2.24. The molecule has 0 unspecified atom stereocenters. The number of thiazole rings is 1. The number of hydrogen-bond donors (Lipinski definition) is 1. The predicted octanol–water partition coefficient (Wildman–Crippen LogP) is 1.89. The molecule has 0 fully saturated rings. The third-order valence-electron chi connectivity index (χ3n) is 2.28. The number of hydrogen-bond acceptors (Lipinski definition) is 4. The van der Waals surface area contributed by atoms with E-state index in [1.54, 1.807) is 11.3 Å². The van der Waals surface area contributed by atoms with Crippen LogP contribution in [0.2, 0.25) is 0 Å². The van der Waals surface area contributed by atoms with E-state index < -0.39 is 0 Å². The first-order chi connectivity index (χ1) is 7.75. The largest absolute Gasteiger partial charge is 0.329 e. The van der Waals surface area contributed by atoms with Crippen LogP contribution in [0.4, 0.5) is 0 Å². The molecule has 2 aromatic heterocycles. The summed E-state index contributed by atoms with van der Waals surface area (Å²) in [5.41, 5.74) is 1.86. The van der Waals surface area contributed by atoms with Gasteiger partial charge in [-0.2, -0.15) is 0 Å². The minimum Gasteiger partial charge on any atom is -0.329 e. The maximum absolute atomic E-state index is 4.35. The fourth-order valence-electron chi connectivity index (χ4n) is 1.43. The highest BCUT2D eigenvalue weighted by Gasteiger charge is 2.04. The molecule has 16 heavy (non-hydrogen) atoms. The summed E-state index contributed by atoms with van der Waals surface area (Å²) in [4.78, 5) is 9.68. The Labute approximate surface area is 99.4 Å². The van der Waals surface area contributed by atoms with Crippen LogP contribution >= 0.6 is 11.3 Å². The quantitative estimate of drug-likeness (QED) is 0.862. The van der Waals surface area contributed by atoms with Crippen LogP contribution in [0.25, 0.3) is 0 Å². The first-order valence-corrected chi connectivity index (χ1v) is 6.24. The third kappa shape index (κ3) is 2.90. The minimum atomic E-state index is 0.480. The van der Waals surface area contributed by atoms with Gasteiger partial charge in [-0.15, -0.1) is 11.3 Å². The monoisotopic (exact) mass is 236 g/mol. The minimum absolute atomic E-state index is 0.480. The fourth-order valence-corrected chi connectivity index (χ4v) is 2.03. The molecule has 0 radical (unpaired) electrons. The highest BCUT2D eigenvalue weighted by Crippen LogP contribution is 2.09. The second-order valence-electron chi connectivity index (χ2n) is 3.97. The van der Waals surface area contributed by atoms with Gasteiger partial charge in [0.2, 0.25) is 0 Å². The summed E-state index contributed by atoms with van der Waals surface area (Å²) in [7, 11) is 0. The topological polar surface area (TPSA) is 42.7 Å². The van der Waals surface area contributed by atoms with Crippen molar-refractivity contribution in [2.75, 3.05) is 0 Å². The lowest BCUT2D eigenvalue weighted by Gasteiger charge is -2.09. The van der Waals surface area contributed by atoms with E-state index in [1.165, 1.54) is 4.88 Å². The zero-order valence-electron chi connectivity index (χ0n) is 9.55. The summed E-state index contributed by atoms with van der Waals surface area (Å²) in [5, 5.41) is 3.37. The van der Waals surface area contributed by atoms with Crippen LogP contribution in [0.5, 0.6) is 0 Å². The molecular weight excluding hydrogens is 220 g/mol. The van der Waals surface area contributed by atoms with Gasteiger partial charge in [0.15, 0.2) is 0 Å². The van der Waals surface area contributed by atoms with Crippen molar-refractivity contribution in [2.24, 2.45) is 0 Å². The molecule has 0 saturated heterocycles. The van der Waals surface area contributed by atoms with Gasteiger partial charge in [-0.05, 0) is 0 Å². The van der Waals surface area contributed by atoms with Gasteiger partial charge in [-0.25, -0.2) is 4.98 Å². The van der Waals surface area contributed by atoms with Crippen LogP contribution in [-0.4, -0.2) is 20.6 Å². The Morgan fingerprint density at radius 3 is 3.06 bits per heavy atom. The zero-order chi connectivity index (χ0) is 11.4. The number of imidazole rings is 1. The van der Waals surface area contributed by atoms with Crippen molar-refractivity contribution in [3.8, 4) is 0 Å². The Morgan fingerprint density at radius 2 is 2.38 bits per heavy atom. The van der Waals surface area contributed by atoms with Gasteiger partial charge in [0.05, 0.1) is 18.6 Å². The van der Waals surface area contributed by atoms with Crippen molar-refractivity contribution >= 4 is 11.3 Å². The van der Waals surface area contributed by atoms with Crippen LogP contribution < -0.4 is 5.32 Å². The molecule has 2 heterocycles. The van der Waals surface area contributed by atoms with E-state index in [0.29, 0.717) is 6.04 Å². The van der Waals surface area contributed by atoms with Crippen LogP contribution in [0, 0.1) is 0 Å². The molecule has 0 spiro atoms. The summed E-state index contributed by atoms with van der Waals surface area (Å²) < 4.78 is 2.16. The summed E-state index contributed by atoms with van der Waals surface area (Å²) >= 11 is 1.67. The van der Waals surface area contributed by atoms with Crippen LogP contribution in [0.3, 0.4) is 0 Å². The number of rotatable bonds is 5. The fraction of sp³-hybridized carbons (Fsp3) is 0.455. The van der Waals surface area contributed by atoms with Crippen molar-refractivity contribution < 1.29 is 0 Å².